The van der Waals surface area contributed by atoms with E-state index in [9.17, 15) is 4.79 Å². The second-order valence-electron chi connectivity index (χ2n) is 6.69. The van der Waals surface area contributed by atoms with E-state index in [2.05, 4.69) is 31.3 Å². The van der Waals surface area contributed by atoms with Gasteiger partial charge in [-0.1, -0.05) is 63.6 Å². The molecule has 24 heavy (non-hydrogen) atoms. The molecule has 0 aliphatic carbocycles. The third kappa shape index (κ3) is 4.68. The largest absolute Gasteiger partial charge is 0.271 e. The SMILES string of the molecule is CCC(=NNC(=O)c1ccc(C(C)(C)C)cc1)c1cccc(Cl)c1. The lowest BCUT2D eigenvalue weighted by Gasteiger charge is -2.18. The van der Waals surface area contributed by atoms with Crippen LogP contribution < -0.4 is 5.43 Å². The molecule has 0 unspecified atom stereocenters. The molecule has 1 N–H and O–H groups in total. The van der Waals surface area contributed by atoms with Gasteiger partial charge in [0, 0.05) is 10.6 Å². The lowest BCUT2D eigenvalue weighted by Crippen LogP contribution is -2.20. The monoisotopic (exact) mass is 342 g/mol. The quantitative estimate of drug-likeness (QED) is 0.603. The maximum absolute atomic E-state index is 12.3. The van der Waals surface area contributed by atoms with E-state index in [0.717, 1.165) is 11.3 Å². The van der Waals surface area contributed by atoms with Crippen LogP contribution in [0.2, 0.25) is 5.02 Å². The highest BCUT2D eigenvalue weighted by molar-refractivity contribution is 6.31. The number of halogens is 1. The predicted octanol–water partition coefficient (Wildman–Crippen LogP) is 5.18. The highest BCUT2D eigenvalue weighted by Gasteiger charge is 2.14. The van der Waals surface area contributed by atoms with E-state index in [-0.39, 0.29) is 11.3 Å². The Morgan fingerprint density at radius 3 is 2.29 bits per heavy atom. The fourth-order valence-corrected chi connectivity index (χ4v) is 2.51. The molecule has 0 radical (unpaired) electrons. The van der Waals surface area contributed by atoms with Crippen LogP contribution in [0.15, 0.2) is 53.6 Å². The number of amides is 1. The summed E-state index contributed by atoms with van der Waals surface area (Å²) in [4.78, 5) is 12.3. The zero-order valence-corrected chi connectivity index (χ0v) is 15.3. The summed E-state index contributed by atoms with van der Waals surface area (Å²) in [5, 5.41) is 4.91. The summed E-state index contributed by atoms with van der Waals surface area (Å²) in [6.45, 7) is 8.42. The molecule has 0 aliphatic rings. The van der Waals surface area contributed by atoms with E-state index in [1.54, 1.807) is 0 Å². The van der Waals surface area contributed by atoms with Gasteiger partial charge in [-0.25, -0.2) is 5.43 Å². The second-order valence-corrected chi connectivity index (χ2v) is 7.13. The standard InChI is InChI=1S/C20H23ClN2O/c1-5-18(15-7-6-8-17(21)13-15)22-23-19(24)14-9-11-16(12-10-14)20(2,3)4/h6-13H,5H2,1-4H3,(H,23,24). The van der Waals surface area contributed by atoms with E-state index in [1.165, 1.54) is 5.56 Å². The van der Waals surface area contributed by atoms with Crippen LogP contribution in [-0.2, 0) is 5.41 Å². The van der Waals surface area contributed by atoms with Crippen LogP contribution in [0.5, 0.6) is 0 Å². The van der Waals surface area contributed by atoms with Crippen molar-refractivity contribution in [3.63, 3.8) is 0 Å². The van der Waals surface area contributed by atoms with Crippen LogP contribution in [0.25, 0.3) is 0 Å². The van der Waals surface area contributed by atoms with Crippen molar-refractivity contribution in [2.45, 2.75) is 39.5 Å². The van der Waals surface area contributed by atoms with E-state index >= 15 is 0 Å². The highest BCUT2D eigenvalue weighted by Crippen LogP contribution is 2.22. The molecule has 3 nitrogen and oxygen atoms in total. The van der Waals surface area contributed by atoms with Gasteiger partial charge in [0.2, 0.25) is 0 Å². The highest BCUT2D eigenvalue weighted by atomic mass is 35.5. The Labute approximate surface area is 148 Å². The van der Waals surface area contributed by atoms with Crippen molar-refractivity contribution in [2.75, 3.05) is 0 Å². The molecule has 0 bridgehead atoms. The Hall–Kier alpha value is -2.13. The summed E-state index contributed by atoms with van der Waals surface area (Å²) in [5.41, 5.74) is 6.18. The number of benzene rings is 2. The van der Waals surface area contributed by atoms with Crippen LogP contribution in [0.4, 0.5) is 0 Å². The maximum Gasteiger partial charge on any atom is 0.271 e. The Bertz CT molecular complexity index is 743. The topological polar surface area (TPSA) is 41.5 Å². The number of carbonyl (C=O) groups excluding carboxylic acids is 1. The third-order valence-electron chi connectivity index (χ3n) is 3.80. The normalized spacial score (nSPS) is 12.1. The lowest BCUT2D eigenvalue weighted by atomic mass is 9.87. The van der Waals surface area contributed by atoms with Crippen molar-refractivity contribution in [2.24, 2.45) is 5.10 Å². The summed E-state index contributed by atoms with van der Waals surface area (Å²) in [6, 6.07) is 15.1. The van der Waals surface area contributed by atoms with Crippen molar-refractivity contribution >= 4 is 23.2 Å². The molecule has 0 aliphatic heterocycles. The number of rotatable bonds is 4. The van der Waals surface area contributed by atoms with Crippen LogP contribution in [0.1, 0.15) is 55.6 Å². The van der Waals surface area contributed by atoms with Crippen molar-refractivity contribution < 1.29 is 4.79 Å². The Balaban J connectivity index is 2.13. The lowest BCUT2D eigenvalue weighted by molar-refractivity contribution is 0.0954. The fraction of sp³-hybridized carbons (Fsp3) is 0.300. The minimum absolute atomic E-state index is 0.0646. The van der Waals surface area contributed by atoms with Crippen LogP contribution in [0, 0.1) is 0 Å². The van der Waals surface area contributed by atoms with E-state index in [4.69, 9.17) is 11.6 Å². The first kappa shape index (κ1) is 18.2. The van der Waals surface area contributed by atoms with Crippen LogP contribution >= 0.6 is 11.6 Å². The van der Waals surface area contributed by atoms with Gasteiger partial charge in [0.25, 0.3) is 5.91 Å². The maximum atomic E-state index is 12.3. The summed E-state index contributed by atoms with van der Waals surface area (Å²) in [5.74, 6) is -0.219. The predicted molar refractivity (Wildman–Crippen MR) is 101 cm³/mol. The first-order valence-electron chi connectivity index (χ1n) is 8.04. The Kier molecular flexibility index (Phi) is 5.79. The average molecular weight is 343 g/mol. The molecule has 1 amide bonds. The zero-order valence-electron chi connectivity index (χ0n) is 14.6. The summed E-state index contributed by atoms with van der Waals surface area (Å²) in [6.07, 6.45) is 0.698. The molecule has 4 heteroatoms. The van der Waals surface area contributed by atoms with Gasteiger partial charge >= 0.3 is 0 Å². The fourth-order valence-electron chi connectivity index (χ4n) is 2.32. The summed E-state index contributed by atoms with van der Waals surface area (Å²) < 4.78 is 0. The smallest absolute Gasteiger partial charge is 0.267 e. The second kappa shape index (κ2) is 7.63. The number of carbonyl (C=O) groups is 1. The molecule has 2 aromatic rings. The molecule has 0 saturated heterocycles. The van der Waals surface area contributed by atoms with Gasteiger partial charge in [0.15, 0.2) is 0 Å². The van der Waals surface area contributed by atoms with Gasteiger partial charge in [-0.3, -0.25) is 4.79 Å². The van der Waals surface area contributed by atoms with Gasteiger partial charge in [-0.15, -0.1) is 0 Å². The first-order chi connectivity index (χ1) is 11.3. The van der Waals surface area contributed by atoms with E-state index < -0.39 is 0 Å². The Morgan fingerprint density at radius 2 is 1.75 bits per heavy atom. The van der Waals surface area contributed by atoms with Gasteiger partial charge in [-0.05, 0) is 47.2 Å². The average Bonchev–Trinajstić information content (AvgIpc) is 2.54. The van der Waals surface area contributed by atoms with Crippen molar-refractivity contribution in [3.05, 3.63) is 70.2 Å². The van der Waals surface area contributed by atoms with Crippen molar-refractivity contribution in [1.82, 2.24) is 5.43 Å². The molecule has 0 spiro atoms. The number of nitrogens with zero attached hydrogens (tertiary/aromatic N) is 1. The van der Waals surface area contributed by atoms with E-state index in [0.29, 0.717) is 17.0 Å². The molecular formula is C20H23ClN2O. The van der Waals surface area contributed by atoms with Gasteiger partial charge in [-0.2, -0.15) is 5.10 Å². The van der Waals surface area contributed by atoms with E-state index in [1.807, 2.05) is 55.5 Å². The van der Waals surface area contributed by atoms with Crippen LogP contribution in [-0.4, -0.2) is 11.6 Å². The van der Waals surface area contributed by atoms with Crippen molar-refractivity contribution in [3.8, 4) is 0 Å². The molecule has 0 saturated carbocycles. The minimum atomic E-state index is -0.219. The van der Waals surface area contributed by atoms with Gasteiger partial charge in [0.05, 0.1) is 5.71 Å². The molecule has 2 rings (SSSR count). The Morgan fingerprint density at radius 1 is 1.08 bits per heavy atom. The minimum Gasteiger partial charge on any atom is -0.267 e. The molecule has 0 fully saturated rings. The number of nitrogens with one attached hydrogen (secondary N) is 1. The van der Waals surface area contributed by atoms with Gasteiger partial charge < -0.3 is 0 Å². The number of hydrazone groups is 1. The molecule has 0 aromatic heterocycles. The molecular weight excluding hydrogens is 320 g/mol. The van der Waals surface area contributed by atoms with Crippen molar-refractivity contribution in [1.29, 1.82) is 0 Å². The first-order valence-corrected chi connectivity index (χ1v) is 8.42. The number of hydrogen-bond acceptors (Lipinski definition) is 2. The molecule has 2 aromatic carbocycles. The molecule has 0 heterocycles. The number of hydrogen-bond donors (Lipinski definition) is 1. The molecule has 0 atom stereocenters. The van der Waals surface area contributed by atoms with Crippen LogP contribution in [0.3, 0.4) is 0 Å². The summed E-state index contributed by atoms with van der Waals surface area (Å²) >= 11 is 6.01. The third-order valence-corrected chi connectivity index (χ3v) is 4.03. The summed E-state index contributed by atoms with van der Waals surface area (Å²) in [7, 11) is 0. The zero-order chi connectivity index (χ0) is 17.7. The molecule has 126 valence electrons. The van der Waals surface area contributed by atoms with Gasteiger partial charge in [0.1, 0.15) is 0 Å².